The zero-order valence-electron chi connectivity index (χ0n) is 11.9. The lowest BCUT2D eigenvalue weighted by Crippen LogP contribution is -2.35. The molecule has 2 rings (SSSR count). The van der Waals surface area contributed by atoms with Gasteiger partial charge in [-0.2, -0.15) is 5.10 Å². The summed E-state index contributed by atoms with van der Waals surface area (Å²) in [6.45, 7) is 8.18. The monoisotopic (exact) mass is 249 g/mol. The van der Waals surface area contributed by atoms with E-state index in [1.54, 1.807) is 0 Å². The van der Waals surface area contributed by atoms with Gasteiger partial charge in [-0.05, 0) is 38.3 Å². The Morgan fingerprint density at radius 2 is 2.00 bits per heavy atom. The second-order valence-corrected chi connectivity index (χ2v) is 5.63. The lowest BCUT2D eigenvalue weighted by Gasteiger charge is -2.32. The Hall–Kier alpha value is -0.830. The van der Waals surface area contributed by atoms with Crippen LogP contribution >= 0.6 is 0 Å². The number of aromatic nitrogens is 2. The summed E-state index contributed by atoms with van der Waals surface area (Å²) in [7, 11) is 0. The zero-order chi connectivity index (χ0) is 12.8. The van der Waals surface area contributed by atoms with Crippen molar-refractivity contribution in [2.45, 2.75) is 58.4 Å². The summed E-state index contributed by atoms with van der Waals surface area (Å²) in [5.74, 6) is 0. The minimum Gasteiger partial charge on any atom is -0.303 e. The van der Waals surface area contributed by atoms with Crippen molar-refractivity contribution in [2.75, 3.05) is 19.6 Å². The van der Waals surface area contributed by atoms with Crippen LogP contribution in [0.25, 0.3) is 0 Å². The second kappa shape index (κ2) is 6.93. The normalized spacial score (nSPS) is 18.3. The van der Waals surface area contributed by atoms with E-state index in [4.69, 9.17) is 0 Å². The molecule has 2 heterocycles. The summed E-state index contributed by atoms with van der Waals surface area (Å²) >= 11 is 0. The summed E-state index contributed by atoms with van der Waals surface area (Å²) in [5, 5.41) is 4.45. The Kier molecular flexibility index (Phi) is 5.24. The minimum absolute atomic E-state index is 0.630. The third kappa shape index (κ3) is 3.84. The van der Waals surface area contributed by atoms with Crippen LogP contribution in [0.5, 0.6) is 0 Å². The van der Waals surface area contributed by atoms with Crippen LogP contribution in [-0.4, -0.2) is 34.3 Å². The Labute approximate surface area is 111 Å². The summed E-state index contributed by atoms with van der Waals surface area (Å²) in [6, 6.07) is 0.630. The maximum atomic E-state index is 4.45. The maximum absolute atomic E-state index is 4.45. The van der Waals surface area contributed by atoms with E-state index < -0.39 is 0 Å². The number of aryl methyl sites for hydroxylation is 1. The van der Waals surface area contributed by atoms with Gasteiger partial charge in [-0.3, -0.25) is 4.68 Å². The van der Waals surface area contributed by atoms with E-state index in [-0.39, 0.29) is 0 Å². The molecule has 102 valence electrons. The van der Waals surface area contributed by atoms with Crippen molar-refractivity contribution in [3.63, 3.8) is 0 Å². The minimum atomic E-state index is 0.630. The van der Waals surface area contributed by atoms with Gasteiger partial charge in [-0.15, -0.1) is 0 Å². The SMILES string of the molecule is CCCCCCN1CCC(n2cc(C)cn2)CC1. The van der Waals surface area contributed by atoms with E-state index >= 15 is 0 Å². The van der Waals surface area contributed by atoms with Gasteiger partial charge in [0.1, 0.15) is 0 Å². The van der Waals surface area contributed by atoms with Gasteiger partial charge in [0.05, 0.1) is 12.2 Å². The molecule has 1 aliphatic rings. The van der Waals surface area contributed by atoms with Gasteiger partial charge in [0.2, 0.25) is 0 Å². The highest BCUT2D eigenvalue weighted by atomic mass is 15.3. The van der Waals surface area contributed by atoms with E-state index in [0.29, 0.717) is 6.04 Å². The van der Waals surface area contributed by atoms with Crippen LogP contribution in [0.3, 0.4) is 0 Å². The third-order valence-electron chi connectivity index (χ3n) is 3.99. The summed E-state index contributed by atoms with van der Waals surface area (Å²) < 4.78 is 2.17. The van der Waals surface area contributed by atoms with Gasteiger partial charge in [-0.1, -0.05) is 26.2 Å². The molecule has 0 amide bonds. The predicted molar refractivity (Wildman–Crippen MR) is 75.8 cm³/mol. The van der Waals surface area contributed by atoms with Gasteiger partial charge in [0.15, 0.2) is 0 Å². The van der Waals surface area contributed by atoms with Crippen molar-refractivity contribution >= 4 is 0 Å². The molecule has 1 aliphatic heterocycles. The summed E-state index contributed by atoms with van der Waals surface area (Å²) in [6.07, 6.45) is 12.2. The zero-order valence-corrected chi connectivity index (χ0v) is 11.9. The molecule has 0 unspecified atom stereocenters. The molecule has 1 aromatic rings. The van der Waals surface area contributed by atoms with Crippen LogP contribution in [0.15, 0.2) is 12.4 Å². The molecule has 0 saturated carbocycles. The second-order valence-electron chi connectivity index (χ2n) is 5.63. The quantitative estimate of drug-likeness (QED) is 0.720. The average molecular weight is 249 g/mol. The smallest absolute Gasteiger partial charge is 0.0543 e. The van der Waals surface area contributed by atoms with Crippen LogP contribution in [-0.2, 0) is 0 Å². The van der Waals surface area contributed by atoms with Crippen molar-refractivity contribution in [1.29, 1.82) is 0 Å². The van der Waals surface area contributed by atoms with E-state index in [1.807, 2.05) is 6.20 Å². The number of piperidine rings is 1. The first-order valence-corrected chi connectivity index (χ1v) is 7.52. The van der Waals surface area contributed by atoms with Crippen LogP contribution in [0.1, 0.15) is 57.1 Å². The molecule has 1 saturated heterocycles. The number of nitrogens with zero attached hydrogens (tertiary/aromatic N) is 3. The Morgan fingerprint density at radius 3 is 2.61 bits per heavy atom. The lowest BCUT2D eigenvalue weighted by molar-refractivity contribution is 0.177. The Morgan fingerprint density at radius 1 is 1.22 bits per heavy atom. The first kappa shape index (κ1) is 13.6. The van der Waals surface area contributed by atoms with Crippen LogP contribution in [0.2, 0.25) is 0 Å². The standard InChI is InChI=1S/C15H27N3/c1-3-4-5-6-9-17-10-7-15(8-11-17)18-13-14(2)12-16-18/h12-13,15H,3-11H2,1-2H3. The highest BCUT2D eigenvalue weighted by Crippen LogP contribution is 2.22. The first-order valence-electron chi connectivity index (χ1n) is 7.52. The van der Waals surface area contributed by atoms with Gasteiger partial charge in [0.25, 0.3) is 0 Å². The molecule has 0 radical (unpaired) electrons. The van der Waals surface area contributed by atoms with E-state index in [9.17, 15) is 0 Å². The lowest BCUT2D eigenvalue weighted by atomic mass is 10.0. The molecule has 0 aromatic carbocycles. The van der Waals surface area contributed by atoms with E-state index in [1.165, 1.54) is 63.7 Å². The number of rotatable bonds is 6. The van der Waals surface area contributed by atoms with Crippen molar-refractivity contribution in [2.24, 2.45) is 0 Å². The Balaban J connectivity index is 1.68. The van der Waals surface area contributed by atoms with Gasteiger partial charge < -0.3 is 4.90 Å². The number of likely N-dealkylation sites (tertiary alicyclic amines) is 1. The largest absolute Gasteiger partial charge is 0.303 e. The van der Waals surface area contributed by atoms with Gasteiger partial charge in [-0.25, -0.2) is 0 Å². The molecule has 1 fully saturated rings. The molecule has 3 nitrogen and oxygen atoms in total. The summed E-state index contributed by atoms with van der Waals surface area (Å²) in [4.78, 5) is 2.63. The molecule has 0 N–H and O–H groups in total. The van der Waals surface area contributed by atoms with Crippen molar-refractivity contribution < 1.29 is 0 Å². The topological polar surface area (TPSA) is 21.1 Å². The van der Waals surface area contributed by atoms with Crippen LogP contribution in [0.4, 0.5) is 0 Å². The van der Waals surface area contributed by atoms with Crippen molar-refractivity contribution in [3.05, 3.63) is 18.0 Å². The molecule has 3 heteroatoms. The fourth-order valence-electron chi connectivity index (χ4n) is 2.80. The average Bonchev–Trinajstić information content (AvgIpc) is 2.82. The molecular formula is C15H27N3. The van der Waals surface area contributed by atoms with Crippen molar-refractivity contribution in [1.82, 2.24) is 14.7 Å². The molecular weight excluding hydrogens is 222 g/mol. The van der Waals surface area contributed by atoms with E-state index in [0.717, 1.165) is 0 Å². The fraction of sp³-hybridized carbons (Fsp3) is 0.800. The van der Waals surface area contributed by atoms with Gasteiger partial charge in [0, 0.05) is 19.3 Å². The number of hydrogen-bond acceptors (Lipinski definition) is 2. The maximum Gasteiger partial charge on any atom is 0.0543 e. The number of hydrogen-bond donors (Lipinski definition) is 0. The fourth-order valence-corrected chi connectivity index (χ4v) is 2.80. The molecule has 0 aliphatic carbocycles. The Bertz CT molecular complexity index is 337. The number of unbranched alkanes of at least 4 members (excludes halogenated alkanes) is 3. The molecule has 18 heavy (non-hydrogen) atoms. The molecule has 1 aromatic heterocycles. The van der Waals surface area contributed by atoms with E-state index in [2.05, 4.69) is 34.7 Å². The van der Waals surface area contributed by atoms with Crippen LogP contribution < -0.4 is 0 Å². The highest BCUT2D eigenvalue weighted by molar-refractivity contribution is 5.00. The first-order chi connectivity index (χ1) is 8.79. The van der Waals surface area contributed by atoms with Gasteiger partial charge >= 0.3 is 0 Å². The summed E-state index contributed by atoms with van der Waals surface area (Å²) in [5.41, 5.74) is 1.27. The van der Waals surface area contributed by atoms with Crippen LogP contribution in [0, 0.1) is 6.92 Å². The third-order valence-corrected chi connectivity index (χ3v) is 3.99. The molecule has 0 atom stereocenters. The predicted octanol–water partition coefficient (Wildman–Crippen LogP) is 3.41. The molecule has 0 bridgehead atoms. The highest BCUT2D eigenvalue weighted by Gasteiger charge is 2.20. The molecule has 0 spiro atoms. The van der Waals surface area contributed by atoms with Crippen molar-refractivity contribution in [3.8, 4) is 0 Å².